The van der Waals surface area contributed by atoms with Gasteiger partial charge in [0.1, 0.15) is 6.10 Å². The summed E-state index contributed by atoms with van der Waals surface area (Å²) < 4.78 is 5.50. The van der Waals surface area contributed by atoms with Crippen LogP contribution in [0.1, 0.15) is 52.2 Å². The summed E-state index contributed by atoms with van der Waals surface area (Å²) in [5.74, 6) is 0.364. The van der Waals surface area contributed by atoms with Gasteiger partial charge in [0.25, 0.3) is 0 Å². The van der Waals surface area contributed by atoms with Crippen LogP contribution in [0, 0.1) is 11.8 Å². The van der Waals surface area contributed by atoms with Gasteiger partial charge in [-0.2, -0.15) is 0 Å². The summed E-state index contributed by atoms with van der Waals surface area (Å²) in [6, 6.07) is 8.90. The van der Waals surface area contributed by atoms with E-state index >= 15 is 0 Å². The van der Waals surface area contributed by atoms with E-state index in [4.69, 9.17) is 4.74 Å². The van der Waals surface area contributed by atoms with Crippen LogP contribution in [-0.2, 0) is 9.53 Å². The predicted molar refractivity (Wildman–Crippen MR) is 80.2 cm³/mol. The third-order valence-corrected chi connectivity index (χ3v) is 3.09. The molecule has 0 unspecified atom stereocenters. The molecule has 1 aromatic rings. The van der Waals surface area contributed by atoms with Gasteiger partial charge in [-0.25, -0.2) is 4.79 Å². The molecule has 0 radical (unpaired) electrons. The Hall–Kier alpha value is -1.35. The first-order valence-electron chi connectivity index (χ1n) is 7.33. The molecule has 1 N–H and O–H groups in total. The average Bonchev–Trinajstić information content (AvgIpc) is 2.37. The van der Waals surface area contributed by atoms with Crippen molar-refractivity contribution in [2.75, 3.05) is 0 Å². The zero-order chi connectivity index (χ0) is 15.1. The molecule has 1 atom stereocenters. The summed E-state index contributed by atoms with van der Waals surface area (Å²) >= 11 is 0. The monoisotopic (exact) mass is 278 g/mol. The zero-order valence-corrected chi connectivity index (χ0v) is 12.9. The van der Waals surface area contributed by atoms with Crippen LogP contribution in [0.15, 0.2) is 30.3 Å². The molecule has 3 heteroatoms. The molecular weight excluding hydrogens is 252 g/mol. The number of hydrogen-bond acceptors (Lipinski definition) is 3. The minimum atomic E-state index is -1.20. The summed E-state index contributed by atoms with van der Waals surface area (Å²) in [6.07, 6.45) is 0.329. The van der Waals surface area contributed by atoms with Gasteiger partial charge >= 0.3 is 5.97 Å². The molecule has 0 spiro atoms. The summed E-state index contributed by atoms with van der Waals surface area (Å²) in [5, 5.41) is 10.0. The van der Waals surface area contributed by atoms with Gasteiger partial charge in [0.05, 0.1) is 0 Å². The number of aliphatic hydroxyl groups is 1. The second-order valence-electron chi connectivity index (χ2n) is 6.13. The molecule has 0 saturated heterocycles. The molecule has 20 heavy (non-hydrogen) atoms. The molecule has 3 nitrogen and oxygen atoms in total. The molecule has 0 amide bonds. The Labute approximate surface area is 122 Å². The Morgan fingerprint density at radius 2 is 1.55 bits per heavy atom. The van der Waals surface area contributed by atoms with Crippen molar-refractivity contribution in [3.8, 4) is 0 Å². The highest BCUT2D eigenvalue weighted by atomic mass is 16.6. The van der Waals surface area contributed by atoms with Crippen LogP contribution in [0.25, 0.3) is 0 Å². The lowest BCUT2D eigenvalue weighted by Gasteiger charge is -2.23. The van der Waals surface area contributed by atoms with Crippen LogP contribution in [0.3, 0.4) is 0 Å². The molecule has 0 aliphatic heterocycles. The van der Waals surface area contributed by atoms with Gasteiger partial charge < -0.3 is 9.84 Å². The third-order valence-electron chi connectivity index (χ3n) is 3.09. The maximum atomic E-state index is 12.0. The first kappa shape index (κ1) is 16.7. The first-order chi connectivity index (χ1) is 9.40. The van der Waals surface area contributed by atoms with Crippen molar-refractivity contribution < 1.29 is 14.6 Å². The minimum absolute atomic E-state index is 0.124. The van der Waals surface area contributed by atoms with E-state index in [9.17, 15) is 9.90 Å². The fourth-order valence-corrected chi connectivity index (χ4v) is 2.24. The molecule has 0 bridgehead atoms. The first-order valence-corrected chi connectivity index (χ1v) is 7.33. The van der Waals surface area contributed by atoms with Gasteiger partial charge in [-0.3, -0.25) is 0 Å². The highest BCUT2D eigenvalue weighted by molar-refractivity contribution is 5.76. The standard InChI is InChI=1S/C17H26O3/c1-12(2)10-15(11-13(3)4)20-17(19)16(18)14-8-6-5-7-9-14/h5-9,12-13,15-16,18H,10-11H2,1-4H3/t16-/m1/s1. The lowest BCUT2D eigenvalue weighted by Crippen LogP contribution is -2.25. The van der Waals surface area contributed by atoms with E-state index in [1.54, 1.807) is 24.3 Å². The van der Waals surface area contributed by atoms with Crippen molar-refractivity contribution in [3.63, 3.8) is 0 Å². The summed E-state index contributed by atoms with van der Waals surface area (Å²) in [6.45, 7) is 8.42. The van der Waals surface area contributed by atoms with Gasteiger partial charge in [-0.1, -0.05) is 58.0 Å². The van der Waals surface area contributed by atoms with Crippen molar-refractivity contribution in [2.45, 2.75) is 52.7 Å². The van der Waals surface area contributed by atoms with Crippen molar-refractivity contribution in [2.24, 2.45) is 11.8 Å². The van der Waals surface area contributed by atoms with E-state index in [0.717, 1.165) is 12.8 Å². The number of ether oxygens (including phenoxy) is 1. The Morgan fingerprint density at radius 1 is 1.05 bits per heavy atom. The fourth-order valence-electron chi connectivity index (χ4n) is 2.24. The van der Waals surface area contributed by atoms with E-state index in [-0.39, 0.29) is 6.10 Å². The van der Waals surface area contributed by atoms with Crippen LogP contribution in [0.4, 0.5) is 0 Å². The number of carbonyl (C=O) groups excluding carboxylic acids is 1. The minimum Gasteiger partial charge on any atom is -0.460 e. The zero-order valence-electron chi connectivity index (χ0n) is 12.9. The maximum absolute atomic E-state index is 12.0. The Kier molecular flexibility index (Phi) is 6.73. The quantitative estimate of drug-likeness (QED) is 0.773. The molecule has 112 valence electrons. The van der Waals surface area contributed by atoms with Crippen LogP contribution in [-0.4, -0.2) is 17.2 Å². The number of hydrogen-bond donors (Lipinski definition) is 1. The predicted octanol–water partition coefficient (Wildman–Crippen LogP) is 3.72. The number of aliphatic hydroxyl groups excluding tert-OH is 1. The summed E-state index contributed by atoms with van der Waals surface area (Å²) in [4.78, 5) is 12.0. The summed E-state index contributed by atoms with van der Waals surface area (Å²) in [7, 11) is 0. The lowest BCUT2D eigenvalue weighted by atomic mass is 9.98. The van der Waals surface area contributed by atoms with Gasteiger partial charge in [0.2, 0.25) is 0 Å². The van der Waals surface area contributed by atoms with Gasteiger partial charge in [0.15, 0.2) is 6.10 Å². The smallest absolute Gasteiger partial charge is 0.339 e. The van der Waals surface area contributed by atoms with E-state index < -0.39 is 12.1 Å². The summed E-state index contributed by atoms with van der Waals surface area (Å²) in [5.41, 5.74) is 0.574. The number of esters is 1. The topological polar surface area (TPSA) is 46.5 Å². The highest BCUT2D eigenvalue weighted by Crippen LogP contribution is 2.20. The van der Waals surface area contributed by atoms with Crippen LogP contribution < -0.4 is 0 Å². The molecule has 0 aliphatic carbocycles. The molecule has 0 saturated carbocycles. The molecular formula is C17H26O3. The third kappa shape index (κ3) is 5.74. The second-order valence-corrected chi connectivity index (χ2v) is 6.13. The Balaban J connectivity index is 2.65. The van der Waals surface area contributed by atoms with E-state index in [1.165, 1.54) is 0 Å². The molecule has 0 aromatic heterocycles. The lowest BCUT2D eigenvalue weighted by molar-refractivity contribution is -0.161. The number of rotatable bonds is 7. The Bertz CT molecular complexity index is 388. The SMILES string of the molecule is CC(C)CC(CC(C)C)OC(=O)[C@H](O)c1ccccc1. The van der Waals surface area contributed by atoms with Gasteiger partial charge in [0, 0.05) is 0 Å². The maximum Gasteiger partial charge on any atom is 0.339 e. The van der Waals surface area contributed by atoms with Gasteiger partial charge in [-0.15, -0.1) is 0 Å². The molecule has 1 rings (SSSR count). The molecule has 1 aromatic carbocycles. The number of carbonyl (C=O) groups is 1. The Morgan fingerprint density at radius 3 is 2.00 bits per heavy atom. The largest absolute Gasteiger partial charge is 0.460 e. The normalized spacial score (nSPS) is 13.0. The van der Waals surface area contributed by atoms with Crippen molar-refractivity contribution >= 4 is 5.97 Å². The van der Waals surface area contributed by atoms with E-state index in [2.05, 4.69) is 27.7 Å². The van der Waals surface area contributed by atoms with Crippen molar-refractivity contribution in [3.05, 3.63) is 35.9 Å². The highest BCUT2D eigenvalue weighted by Gasteiger charge is 2.24. The fraction of sp³-hybridized carbons (Fsp3) is 0.588. The molecule has 0 aliphatic rings. The van der Waals surface area contributed by atoms with Crippen molar-refractivity contribution in [1.29, 1.82) is 0 Å². The van der Waals surface area contributed by atoms with Gasteiger partial charge in [-0.05, 0) is 30.2 Å². The molecule has 0 fully saturated rings. The van der Waals surface area contributed by atoms with Crippen molar-refractivity contribution in [1.82, 2.24) is 0 Å². The molecule has 0 heterocycles. The number of benzene rings is 1. The van der Waals surface area contributed by atoms with Crippen LogP contribution in [0.2, 0.25) is 0 Å². The van der Waals surface area contributed by atoms with Crippen LogP contribution >= 0.6 is 0 Å². The van der Waals surface area contributed by atoms with E-state index in [0.29, 0.717) is 17.4 Å². The van der Waals surface area contributed by atoms with E-state index in [1.807, 2.05) is 6.07 Å². The van der Waals surface area contributed by atoms with Crippen LogP contribution in [0.5, 0.6) is 0 Å². The second kappa shape index (κ2) is 8.05. The average molecular weight is 278 g/mol.